The van der Waals surface area contributed by atoms with E-state index in [0.717, 1.165) is 53.9 Å². The molecule has 2 aliphatic heterocycles. The van der Waals surface area contributed by atoms with E-state index in [1.54, 1.807) is 0 Å². The number of amides is 2. The van der Waals surface area contributed by atoms with E-state index < -0.39 is 0 Å². The molecule has 2 amide bonds. The second-order valence-electron chi connectivity index (χ2n) is 9.39. The van der Waals surface area contributed by atoms with E-state index in [9.17, 15) is 9.59 Å². The summed E-state index contributed by atoms with van der Waals surface area (Å²) in [5.41, 5.74) is 2.71. The molecule has 5 rings (SSSR count). The number of likely N-dealkylation sites (N-methyl/N-ethyl adjacent to an activating group) is 1. The zero-order valence-electron chi connectivity index (χ0n) is 19.7. The third-order valence-corrected chi connectivity index (χ3v) is 7.18. The van der Waals surface area contributed by atoms with Crippen molar-refractivity contribution in [2.75, 3.05) is 56.5 Å². The van der Waals surface area contributed by atoms with Crippen molar-refractivity contribution in [2.24, 2.45) is 5.92 Å². The Morgan fingerprint density at radius 2 is 1.47 bits per heavy atom. The van der Waals surface area contributed by atoms with Gasteiger partial charge in [-0.2, -0.15) is 0 Å². The number of piperazine rings is 1. The van der Waals surface area contributed by atoms with Crippen LogP contribution in [-0.4, -0.2) is 67.9 Å². The molecule has 176 valence electrons. The van der Waals surface area contributed by atoms with E-state index >= 15 is 0 Å². The van der Waals surface area contributed by atoms with Crippen LogP contribution in [0.25, 0.3) is 10.8 Å². The van der Waals surface area contributed by atoms with Crippen molar-refractivity contribution in [3.8, 4) is 0 Å². The molecule has 3 aromatic rings. The van der Waals surface area contributed by atoms with Crippen molar-refractivity contribution in [1.29, 1.82) is 0 Å². The smallest absolute Gasteiger partial charge is 0.254 e. The van der Waals surface area contributed by atoms with Crippen LogP contribution in [0.3, 0.4) is 0 Å². The standard InChI is InChI=1S/C28H32N4O2/c1-30-17-19-31(20-18-30)26-12-5-4-11-25(26)29-27(33)22-13-15-32(16-14-22)28(34)24-10-6-8-21-7-2-3-9-23(21)24/h2-12,22H,13-20H2,1H3,(H,29,33). The number of carbonyl (C=O) groups is 2. The van der Waals surface area contributed by atoms with Crippen LogP contribution < -0.4 is 10.2 Å². The minimum absolute atomic E-state index is 0.0519. The molecule has 2 saturated heterocycles. The maximum absolute atomic E-state index is 13.2. The number of hydrogen-bond donors (Lipinski definition) is 1. The zero-order chi connectivity index (χ0) is 23.5. The molecule has 2 heterocycles. The first-order valence-electron chi connectivity index (χ1n) is 12.2. The van der Waals surface area contributed by atoms with Crippen molar-refractivity contribution in [3.05, 3.63) is 72.3 Å². The number of benzene rings is 3. The molecule has 1 N–H and O–H groups in total. The number of para-hydroxylation sites is 2. The summed E-state index contributed by atoms with van der Waals surface area (Å²) in [6.45, 7) is 5.15. The molecular formula is C28H32N4O2. The highest BCUT2D eigenvalue weighted by Gasteiger charge is 2.29. The lowest BCUT2D eigenvalue weighted by Gasteiger charge is -2.35. The third-order valence-electron chi connectivity index (χ3n) is 7.18. The lowest BCUT2D eigenvalue weighted by Crippen LogP contribution is -2.45. The fraction of sp³-hybridized carbons (Fsp3) is 0.357. The Labute approximate surface area is 201 Å². The lowest BCUT2D eigenvalue weighted by atomic mass is 9.94. The van der Waals surface area contributed by atoms with Gasteiger partial charge in [-0.1, -0.05) is 48.5 Å². The Kier molecular flexibility index (Phi) is 6.50. The predicted octanol–water partition coefficient (Wildman–Crippen LogP) is 4.08. The summed E-state index contributed by atoms with van der Waals surface area (Å²) in [6, 6.07) is 21.9. The fourth-order valence-corrected chi connectivity index (χ4v) is 5.06. The van der Waals surface area contributed by atoms with Gasteiger partial charge in [0.15, 0.2) is 0 Å². The van der Waals surface area contributed by atoms with Gasteiger partial charge in [-0.25, -0.2) is 0 Å². The predicted molar refractivity (Wildman–Crippen MR) is 137 cm³/mol. The van der Waals surface area contributed by atoms with E-state index in [2.05, 4.69) is 28.2 Å². The SMILES string of the molecule is CN1CCN(c2ccccc2NC(=O)C2CCN(C(=O)c3cccc4ccccc34)CC2)CC1. The summed E-state index contributed by atoms with van der Waals surface area (Å²) in [6.07, 6.45) is 1.36. The van der Waals surface area contributed by atoms with Crippen LogP contribution in [0.15, 0.2) is 66.7 Å². The highest BCUT2D eigenvalue weighted by molar-refractivity contribution is 6.07. The average Bonchev–Trinajstić information content (AvgIpc) is 2.89. The highest BCUT2D eigenvalue weighted by atomic mass is 16.2. The van der Waals surface area contributed by atoms with Gasteiger partial charge in [-0.3, -0.25) is 9.59 Å². The first-order valence-corrected chi connectivity index (χ1v) is 12.2. The molecule has 0 atom stereocenters. The Bertz CT molecular complexity index is 1170. The quantitative estimate of drug-likeness (QED) is 0.643. The summed E-state index contributed by atoms with van der Waals surface area (Å²) in [7, 11) is 2.14. The summed E-state index contributed by atoms with van der Waals surface area (Å²) < 4.78 is 0. The molecule has 0 aliphatic carbocycles. The van der Waals surface area contributed by atoms with E-state index in [0.29, 0.717) is 25.9 Å². The van der Waals surface area contributed by atoms with Crippen LogP contribution in [0.4, 0.5) is 11.4 Å². The first-order chi connectivity index (χ1) is 16.6. The maximum atomic E-state index is 13.2. The summed E-state index contributed by atoms with van der Waals surface area (Å²) in [4.78, 5) is 32.9. The Morgan fingerprint density at radius 3 is 2.26 bits per heavy atom. The first kappa shape index (κ1) is 22.4. The van der Waals surface area contributed by atoms with Gasteiger partial charge in [0.05, 0.1) is 11.4 Å². The van der Waals surface area contributed by atoms with Gasteiger partial charge >= 0.3 is 0 Å². The molecule has 6 nitrogen and oxygen atoms in total. The molecule has 0 bridgehead atoms. The fourth-order valence-electron chi connectivity index (χ4n) is 5.06. The maximum Gasteiger partial charge on any atom is 0.254 e. The minimum Gasteiger partial charge on any atom is -0.367 e. The molecule has 0 spiro atoms. The lowest BCUT2D eigenvalue weighted by molar-refractivity contribution is -0.121. The molecule has 2 aliphatic rings. The number of piperidine rings is 1. The van der Waals surface area contributed by atoms with Gasteiger partial charge in [0.1, 0.15) is 0 Å². The number of nitrogens with zero attached hydrogens (tertiary/aromatic N) is 3. The number of anilines is 2. The number of nitrogens with one attached hydrogen (secondary N) is 1. The molecule has 2 fully saturated rings. The second kappa shape index (κ2) is 9.85. The van der Waals surface area contributed by atoms with Crippen molar-refractivity contribution >= 4 is 34.0 Å². The minimum atomic E-state index is -0.0860. The van der Waals surface area contributed by atoms with Gasteiger partial charge in [0.25, 0.3) is 5.91 Å². The summed E-state index contributed by atoms with van der Waals surface area (Å²) in [5, 5.41) is 5.24. The van der Waals surface area contributed by atoms with E-state index in [1.165, 1.54) is 0 Å². The topological polar surface area (TPSA) is 55.9 Å². The van der Waals surface area contributed by atoms with Crippen LogP contribution in [0.5, 0.6) is 0 Å². The largest absolute Gasteiger partial charge is 0.367 e. The number of rotatable bonds is 4. The summed E-state index contributed by atoms with van der Waals surface area (Å²) >= 11 is 0. The average molecular weight is 457 g/mol. The van der Waals surface area contributed by atoms with E-state index in [1.807, 2.05) is 65.6 Å². The Balaban J connectivity index is 1.22. The van der Waals surface area contributed by atoms with Crippen LogP contribution >= 0.6 is 0 Å². The van der Waals surface area contributed by atoms with Gasteiger partial charge in [-0.15, -0.1) is 0 Å². The van der Waals surface area contributed by atoms with Crippen molar-refractivity contribution in [3.63, 3.8) is 0 Å². The normalized spacial score (nSPS) is 17.7. The van der Waals surface area contributed by atoms with Gasteiger partial charge in [0, 0.05) is 50.7 Å². The van der Waals surface area contributed by atoms with Gasteiger partial charge in [0.2, 0.25) is 5.91 Å². The molecule has 0 radical (unpaired) electrons. The monoisotopic (exact) mass is 456 g/mol. The van der Waals surface area contributed by atoms with Gasteiger partial charge in [-0.05, 0) is 48.9 Å². The van der Waals surface area contributed by atoms with Gasteiger partial charge < -0.3 is 20.0 Å². The molecule has 0 unspecified atom stereocenters. The van der Waals surface area contributed by atoms with Crippen LogP contribution in [0, 0.1) is 5.92 Å². The van der Waals surface area contributed by atoms with Crippen LogP contribution in [0.1, 0.15) is 23.2 Å². The molecule has 3 aromatic carbocycles. The van der Waals surface area contributed by atoms with Crippen molar-refractivity contribution < 1.29 is 9.59 Å². The van der Waals surface area contributed by atoms with E-state index in [-0.39, 0.29) is 17.7 Å². The van der Waals surface area contributed by atoms with Crippen LogP contribution in [-0.2, 0) is 4.79 Å². The molecule has 0 aromatic heterocycles. The van der Waals surface area contributed by atoms with Crippen molar-refractivity contribution in [1.82, 2.24) is 9.80 Å². The number of likely N-dealkylation sites (tertiary alicyclic amines) is 1. The van der Waals surface area contributed by atoms with E-state index in [4.69, 9.17) is 0 Å². The highest BCUT2D eigenvalue weighted by Crippen LogP contribution is 2.29. The van der Waals surface area contributed by atoms with Crippen LogP contribution in [0.2, 0.25) is 0 Å². The zero-order valence-corrected chi connectivity index (χ0v) is 19.7. The number of carbonyl (C=O) groups excluding carboxylic acids is 2. The Hall–Kier alpha value is -3.38. The molecule has 6 heteroatoms. The third kappa shape index (κ3) is 4.64. The number of hydrogen-bond acceptors (Lipinski definition) is 4. The number of fused-ring (bicyclic) bond motifs is 1. The molecule has 0 saturated carbocycles. The molecular weight excluding hydrogens is 424 g/mol. The Morgan fingerprint density at radius 1 is 0.794 bits per heavy atom. The molecule has 34 heavy (non-hydrogen) atoms. The van der Waals surface area contributed by atoms with Crippen molar-refractivity contribution in [2.45, 2.75) is 12.8 Å². The second-order valence-corrected chi connectivity index (χ2v) is 9.39. The summed E-state index contributed by atoms with van der Waals surface area (Å²) in [5.74, 6) is 0.0204.